The van der Waals surface area contributed by atoms with Crippen LogP contribution in [0.25, 0.3) is 11.7 Å². The van der Waals surface area contributed by atoms with Crippen molar-refractivity contribution < 1.29 is 23.5 Å². The topological polar surface area (TPSA) is 106 Å². The first kappa shape index (κ1) is 18.2. The second-order valence-corrected chi connectivity index (χ2v) is 6.96. The van der Waals surface area contributed by atoms with E-state index in [1.807, 2.05) is 0 Å². The SMILES string of the molecule is CCC1CCC(NC(=O)Cc2nc(-c3ccco3)oc2C)(C(=O)O)CC1. The lowest BCUT2D eigenvalue weighted by molar-refractivity contribution is -0.149. The summed E-state index contributed by atoms with van der Waals surface area (Å²) in [4.78, 5) is 28.6. The molecule has 1 amide bonds. The number of rotatable bonds is 6. The summed E-state index contributed by atoms with van der Waals surface area (Å²) < 4.78 is 10.8. The summed E-state index contributed by atoms with van der Waals surface area (Å²) in [6.45, 7) is 3.84. The predicted octanol–water partition coefficient (Wildman–Crippen LogP) is 3.33. The fourth-order valence-corrected chi connectivity index (χ4v) is 3.53. The highest BCUT2D eigenvalue weighted by atomic mass is 16.4. The number of aryl methyl sites for hydroxylation is 1. The smallest absolute Gasteiger partial charge is 0.329 e. The number of amides is 1. The van der Waals surface area contributed by atoms with Crippen molar-refractivity contribution in [1.29, 1.82) is 0 Å². The number of aliphatic carboxylic acids is 1. The molecule has 2 aromatic heterocycles. The van der Waals surface area contributed by atoms with Crippen molar-refractivity contribution in [3.8, 4) is 11.7 Å². The molecule has 1 aliphatic rings. The third-order valence-corrected chi connectivity index (χ3v) is 5.28. The summed E-state index contributed by atoms with van der Waals surface area (Å²) in [7, 11) is 0. The molecule has 0 aliphatic heterocycles. The Bertz CT molecular complexity index is 770. The molecule has 2 heterocycles. The van der Waals surface area contributed by atoms with Crippen LogP contribution in [0.2, 0.25) is 0 Å². The van der Waals surface area contributed by atoms with Gasteiger partial charge >= 0.3 is 5.97 Å². The molecule has 0 spiro atoms. The van der Waals surface area contributed by atoms with E-state index in [1.54, 1.807) is 19.1 Å². The van der Waals surface area contributed by atoms with Gasteiger partial charge in [0.25, 0.3) is 5.89 Å². The van der Waals surface area contributed by atoms with E-state index in [2.05, 4.69) is 17.2 Å². The Hall–Kier alpha value is -2.57. The molecule has 0 atom stereocenters. The van der Waals surface area contributed by atoms with E-state index in [4.69, 9.17) is 8.83 Å². The Morgan fingerprint density at radius 2 is 2.12 bits per heavy atom. The fourth-order valence-electron chi connectivity index (χ4n) is 3.53. The van der Waals surface area contributed by atoms with Crippen molar-refractivity contribution >= 4 is 11.9 Å². The summed E-state index contributed by atoms with van der Waals surface area (Å²) >= 11 is 0. The van der Waals surface area contributed by atoms with Crippen LogP contribution in [0.1, 0.15) is 50.5 Å². The maximum atomic E-state index is 12.5. The van der Waals surface area contributed by atoms with Gasteiger partial charge in [0, 0.05) is 0 Å². The van der Waals surface area contributed by atoms with Crippen LogP contribution < -0.4 is 5.32 Å². The number of oxazole rings is 1. The molecule has 2 aromatic rings. The Balaban J connectivity index is 1.69. The van der Waals surface area contributed by atoms with E-state index in [9.17, 15) is 14.7 Å². The van der Waals surface area contributed by atoms with Gasteiger partial charge < -0.3 is 19.3 Å². The van der Waals surface area contributed by atoms with Crippen LogP contribution in [0.4, 0.5) is 0 Å². The average molecular weight is 360 g/mol. The molecule has 7 heteroatoms. The minimum absolute atomic E-state index is 0.0255. The van der Waals surface area contributed by atoms with Gasteiger partial charge in [-0.25, -0.2) is 9.78 Å². The van der Waals surface area contributed by atoms with Gasteiger partial charge in [0.2, 0.25) is 5.91 Å². The summed E-state index contributed by atoms with van der Waals surface area (Å²) in [5.74, 6) is 0.531. The first-order chi connectivity index (χ1) is 12.4. The lowest BCUT2D eigenvalue weighted by Crippen LogP contribution is -2.56. The molecule has 140 valence electrons. The number of furan rings is 1. The Kier molecular flexibility index (Phi) is 5.15. The maximum absolute atomic E-state index is 12.5. The second kappa shape index (κ2) is 7.35. The van der Waals surface area contributed by atoms with Gasteiger partial charge in [-0.05, 0) is 50.7 Å². The van der Waals surface area contributed by atoms with Crippen LogP contribution >= 0.6 is 0 Å². The highest BCUT2D eigenvalue weighted by Crippen LogP contribution is 2.34. The van der Waals surface area contributed by atoms with E-state index < -0.39 is 11.5 Å². The average Bonchev–Trinajstić information content (AvgIpc) is 3.26. The highest BCUT2D eigenvalue weighted by Gasteiger charge is 2.43. The Morgan fingerprint density at radius 3 is 2.69 bits per heavy atom. The predicted molar refractivity (Wildman–Crippen MR) is 93.4 cm³/mol. The van der Waals surface area contributed by atoms with Gasteiger partial charge in [0.15, 0.2) is 5.76 Å². The van der Waals surface area contributed by atoms with E-state index in [0.29, 0.717) is 41.9 Å². The first-order valence-corrected chi connectivity index (χ1v) is 8.98. The van der Waals surface area contributed by atoms with Gasteiger partial charge in [-0.3, -0.25) is 4.79 Å². The van der Waals surface area contributed by atoms with Crippen molar-refractivity contribution in [3.63, 3.8) is 0 Å². The van der Waals surface area contributed by atoms with Crippen molar-refractivity contribution in [1.82, 2.24) is 10.3 Å². The molecule has 1 saturated carbocycles. The number of carbonyl (C=O) groups is 2. The monoisotopic (exact) mass is 360 g/mol. The molecule has 1 aliphatic carbocycles. The highest BCUT2D eigenvalue weighted by molar-refractivity contribution is 5.88. The van der Waals surface area contributed by atoms with Gasteiger partial charge in [-0.15, -0.1) is 0 Å². The van der Waals surface area contributed by atoms with Crippen molar-refractivity contribution in [2.75, 3.05) is 0 Å². The number of carboxylic acids is 1. The zero-order valence-electron chi connectivity index (χ0n) is 15.1. The minimum Gasteiger partial charge on any atom is -0.480 e. The quantitative estimate of drug-likeness (QED) is 0.818. The Morgan fingerprint density at radius 1 is 1.38 bits per heavy atom. The lowest BCUT2D eigenvalue weighted by Gasteiger charge is -2.37. The molecule has 0 bridgehead atoms. The van der Waals surface area contributed by atoms with Crippen LogP contribution in [0.15, 0.2) is 27.2 Å². The van der Waals surface area contributed by atoms with Crippen molar-refractivity contribution in [3.05, 3.63) is 29.9 Å². The van der Waals surface area contributed by atoms with E-state index in [-0.39, 0.29) is 12.3 Å². The Labute approximate surface area is 151 Å². The largest absolute Gasteiger partial charge is 0.480 e. The molecule has 0 aromatic carbocycles. The maximum Gasteiger partial charge on any atom is 0.329 e. The lowest BCUT2D eigenvalue weighted by atomic mass is 9.75. The summed E-state index contributed by atoms with van der Waals surface area (Å²) in [6.07, 6.45) is 5.08. The van der Waals surface area contributed by atoms with Crippen LogP contribution in [-0.2, 0) is 16.0 Å². The van der Waals surface area contributed by atoms with Crippen molar-refractivity contribution in [2.24, 2.45) is 5.92 Å². The van der Waals surface area contributed by atoms with Crippen LogP contribution in [0.5, 0.6) is 0 Å². The minimum atomic E-state index is -1.18. The van der Waals surface area contributed by atoms with Gasteiger partial charge in [0.1, 0.15) is 11.3 Å². The zero-order chi connectivity index (χ0) is 18.7. The molecular weight excluding hydrogens is 336 g/mol. The molecular formula is C19H24N2O5. The number of aromatic nitrogens is 1. The number of carboxylic acid groups (broad SMARTS) is 1. The molecule has 0 saturated heterocycles. The fraction of sp³-hybridized carbons (Fsp3) is 0.526. The third-order valence-electron chi connectivity index (χ3n) is 5.28. The number of nitrogens with zero attached hydrogens (tertiary/aromatic N) is 1. The molecule has 26 heavy (non-hydrogen) atoms. The first-order valence-electron chi connectivity index (χ1n) is 8.98. The number of carbonyl (C=O) groups excluding carboxylic acids is 1. The van der Waals surface area contributed by atoms with Gasteiger partial charge in [-0.2, -0.15) is 0 Å². The van der Waals surface area contributed by atoms with E-state index in [0.717, 1.165) is 19.3 Å². The number of hydrogen-bond acceptors (Lipinski definition) is 5. The molecule has 0 radical (unpaired) electrons. The zero-order valence-corrected chi connectivity index (χ0v) is 15.1. The van der Waals surface area contributed by atoms with E-state index in [1.165, 1.54) is 6.26 Å². The van der Waals surface area contributed by atoms with Crippen LogP contribution in [0, 0.1) is 12.8 Å². The third kappa shape index (κ3) is 3.66. The molecule has 7 nitrogen and oxygen atoms in total. The molecule has 3 rings (SSSR count). The standard InChI is InChI=1S/C19H24N2O5/c1-3-13-6-8-19(9-7-13,18(23)24)21-16(22)11-14-12(2)26-17(20-14)15-5-4-10-25-15/h4-5,10,13H,3,6-9,11H2,1-2H3,(H,21,22)(H,23,24). The molecule has 1 fully saturated rings. The summed E-state index contributed by atoms with van der Waals surface area (Å²) in [5.41, 5.74) is -0.693. The molecule has 0 unspecified atom stereocenters. The van der Waals surface area contributed by atoms with Crippen LogP contribution in [-0.4, -0.2) is 27.5 Å². The number of hydrogen-bond donors (Lipinski definition) is 2. The van der Waals surface area contributed by atoms with Crippen molar-refractivity contribution in [2.45, 2.75) is 57.9 Å². The molecule has 2 N–H and O–H groups in total. The summed E-state index contributed by atoms with van der Waals surface area (Å²) in [6, 6.07) is 3.45. The van der Waals surface area contributed by atoms with Crippen LogP contribution in [0.3, 0.4) is 0 Å². The second-order valence-electron chi connectivity index (χ2n) is 6.96. The van der Waals surface area contributed by atoms with E-state index >= 15 is 0 Å². The number of nitrogens with one attached hydrogen (secondary N) is 1. The van der Waals surface area contributed by atoms with Gasteiger partial charge in [0.05, 0.1) is 18.4 Å². The normalized spacial score (nSPS) is 22.9. The summed E-state index contributed by atoms with van der Waals surface area (Å²) in [5, 5.41) is 12.4. The van der Waals surface area contributed by atoms with Gasteiger partial charge in [-0.1, -0.05) is 13.3 Å².